The van der Waals surface area contributed by atoms with Gasteiger partial charge in [-0.05, 0) is 34.9 Å². The largest absolute Gasteiger partial charge is 0.504 e. The van der Waals surface area contributed by atoms with Gasteiger partial charge in [0.1, 0.15) is 24.4 Å². The van der Waals surface area contributed by atoms with E-state index < -0.39 is 37.3 Å². The highest BCUT2D eigenvalue weighted by Gasteiger charge is 2.45. The molecule has 0 spiro atoms. The van der Waals surface area contributed by atoms with Crippen molar-refractivity contribution in [1.82, 2.24) is 0 Å². The number of ketones is 1. The smallest absolute Gasteiger partial charge is 0.229 e. The van der Waals surface area contributed by atoms with Crippen LogP contribution in [0.25, 0.3) is 28.0 Å². The fourth-order valence-corrected chi connectivity index (χ4v) is 4.60. The van der Waals surface area contributed by atoms with Gasteiger partial charge in [-0.2, -0.15) is 0 Å². The molecule has 5 N–H and O–H groups in total. The molecule has 1 saturated heterocycles. The molecule has 5 atom stereocenters. The molecule has 9 nitrogen and oxygen atoms in total. The van der Waals surface area contributed by atoms with Crippen LogP contribution in [0.1, 0.15) is 15.9 Å². The zero-order valence-corrected chi connectivity index (χ0v) is 18.7. The summed E-state index contributed by atoms with van der Waals surface area (Å²) in [6, 6.07) is 14.1. The van der Waals surface area contributed by atoms with E-state index in [0.717, 1.165) is 5.56 Å². The summed E-state index contributed by atoms with van der Waals surface area (Å²) in [5, 5.41) is 52.2. The Morgan fingerprint density at radius 3 is 2.34 bits per heavy atom. The molecule has 3 aromatic rings. The number of Topliss-reactive ketones (excluding diaryl/α,β-unsaturated/α-hetero) is 1. The first-order chi connectivity index (χ1) is 16.8. The second-order valence-corrected chi connectivity index (χ2v) is 8.45. The molecule has 0 saturated carbocycles. The second-order valence-electron chi connectivity index (χ2n) is 8.45. The van der Waals surface area contributed by atoms with Crippen LogP contribution in [0.5, 0.6) is 11.5 Å². The minimum absolute atomic E-state index is 0.0872. The van der Waals surface area contributed by atoms with Crippen molar-refractivity contribution in [2.75, 3.05) is 13.7 Å². The minimum atomic E-state index is -1.68. The van der Waals surface area contributed by atoms with Gasteiger partial charge in [0.15, 0.2) is 17.3 Å². The van der Waals surface area contributed by atoms with Crippen molar-refractivity contribution >= 4 is 22.6 Å². The van der Waals surface area contributed by atoms with Crippen molar-refractivity contribution in [1.29, 1.82) is 0 Å². The molecule has 0 aromatic heterocycles. The van der Waals surface area contributed by atoms with Gasteiger partial charge in [-0.15, -0.1) is 0 Å². The predicted molar refractivity (Wildman–Crippen MR) is 125 cm³/mol. The summed E-state index contributed by atoms with van der Waals surface area (Å²) in [5.41, 5.74) is 2.29. The van der Waals surface area contributed by atoms with Crippen molar-refractivity contribution in [3.8, 4) is 22.6 Å². The van der Waals surface area contributed by atoms with Gasteiger partial charge in [0.25, 0.3) is 0 Å². The van der Waals surface area contributed by atoms with Crippen LogP contribution in [0.15, 0.2) is 54.3 Å². The molecular weight excluding hydrogens is 456 g/mol. The predicted octanol–water partition coefficient (Wildman–Crippen LogP) is 1.57. The number of benzene rings is 3. The van der Waals surface area contributed by atoms with Crippen molar-refractivity contribution in [2.24, 2.45) is 0 Å². The van der Waals surface area contributed by atoms with Crippen LogP contribution in [-0.2, 0) is 9.47 Å². The molecule has 0 amide bonds. The molecule has 1 fully saturated rings. The summed E-state index contributed by atoms with van der Waals surface area (Å²) in [7, 11) is 1.39. The number of hydrogen-bond donors (Lipinski definition) is 5. The van der Waals surface area contributed by atoms with E-state index in [-0.39, 0.29) is 23.0 Å². The van der Waals surface area contributed by atoms with Crippen LogP contribution in [0.3, 0.4) is 0 Å². The van der Waals surface area contributed by atoms with Crippen molar-refractivity contribution in [3.63, 3.8) is 0 Å². The van der Waals surface area contributed by atoms with E-state index in [2.05, 4.69) is 0 Å². The summed E-state index contributed by atoms with van der Waals surface area (Å²) < 4.78 is 16.7. The lowest BCUT2D eigenvalue weighted by atomic mass is 9.86. The first-order valence-electron chi connectivity index (χ1n) is 11.0. The number of phenolic OH excluding ortho intramolecular Hbond substituents is 1. The number of hydrogen-bond acceptors (Lipinski definition) is 9. The number of aromatic hydroxyl groups is 1. The lowest BCUT2D eigenvalue weighted by molar-refractivity contribution is -0.277. The Labute approximate surface area is 200 Å². The monoisotopic (exact) mass is 480 g/mol. The summed E-state index contributed by atoms with van der Waals surface area (Å²) in [4.78, 5) is 13.0. The fourth-order valence-electron chi connectivity index (χ4n) is 4.60. The van der Waals surface area contributed by atoms with Crippen LogP contribution < -0.4 is 4.74 Å². The van der Waals surface area contributed by atoms with Crippen molar-refractivity contribution in [3.05, 3.63) is 65.4 Å². The van der Waals surface area contributed by atoms with Crippen LogP contribution >= 0.6 is 0 Å². The Bertz CT molecular complexity index is 1320. The molecule has 35 heavy (non-hydrogen) atoms. The van der Waals surface area contributed by atoms with E-state index in [9.17, 15) is 30.3 Å². The van der Waals surface area contributed by atoms with Crippen LogP contribution in [0.2, 0.25) is 0 Å². The van der Waals surface area contributed by atoms with Gasteiger partial charge in [-0.1, -0.05) is 36.4 Å². The third kappa shape index (κ3) is 3.74. The molecule has 9 heteroatoms. The van der Waals surface area contributed by atoms with E-state index in [1.54, 1.807) is 12.1 Å². The lowest BCUT2D eigenvalue weighted by Crippen LogP contribution is -2.60. The minimum Gasteiger partial charge on any atom is -0.504 e. The normalized spacial score (nSPS) is 25.9. The average Bonchev–Trinajstić information content (AvgIpc) is 2.88. The quantitative estimate of drug-likeness (QED) is 0.367. The number of aliphatic hydroxyl groups is 4. The molecular formula is C26H24O9. The van der Waals surface area contributed by atoms with Gasteiger partial charge < -0.3 is 39.7 Å². The van der Waals surface area contributed by atoms with Gasteiger partial charge in [0, 0.05) is 16.3 Å². The third-order valence-corrected chi connectivity index (χ3v) is 6.39. The van der Waals surface area contributed by atoms with Crippen LogP contribution in [-0.4, -0.2) is 75.7 Å². The lowest BCUT2D eigenvalue weighted by Gasteiger charge is -2.39. The first-order valence-corrected chi connectivity index (χ1v) is 11.0. The Morgan fingerprint density at radius 2 is 1.66 bits per heavy atom. The standard InChI is InChI=1S/C26H24O9/c1-33-17-10-13-9-16(28)25(35-26-24(32)23(31)22(30)18(11-27)34-26)20-14(12-5-3-2-4-6-12)7-8-15(19(13)20)21(17)29/h2-10,18,22-24,26-28,30-32H,11H2,1H3/t18-,22-,23+,24-,26+/m1/s1. The second kappa shape index (κ2) is 8.95. The zero-order chi connectivity index (χ0) is 24.9. The van der Waals surface area contributed by atoms with Gasteiger partial charge in [0.05, 0.1) is 13.7 Å². The van der Waals surface area contributed by atoms with Gasteiger partial charge in [-0.3, -0.25) is 4.79 Å². The topological polar surface area (TPSA) is 146 Å². The number of rotatable bonds is 5. The molecule has 5 rings (SSSR count). The number of phenols is 1. The highest BCUT2D eigenvalue weighted by Crippen LogP contribution is 2.47. The van der Waals surface area contributed by atoms with Crippen molar-refractivity contribution in [2.45, 2.75) is 30.7 Å². The summed E-state index contributed by atoms with van der Waals surface area (Å²) in [6.45, 7) is -0.630. The molecule has 0 bridgehead atoms. The molecule has 1 aliphatic carbocycles. The number of carbonyl (C=O) groups is 1. The van der Waals surface area contributed by atoms with E-state index in [1.807, 2.05) is 30.3 Å². The molecule has 2 aliphatic rings. The molecule has 0 unspecified atom stereocenters. The van der Waals surface area contributed by atoms with E-state index in [4.69, 9.17) is 14.2 Å². The molecule has 1 heterocycles. The van der Waals surface area contributed by atoms with Crippen LogP contribution in [0, 0.1) is 0 Å². The van der Waals surface area contributed by atoms with Gasteiger partial charge in [-0.25, -0.2) is 0 Å². The van der Waals surface area contributed by atoms with Gasteiger partial charge in [0.2, 0.25) is 12.1 Å². The van der Waals surface area contributed by atoms with E-state index in [0.29, 0.717) is 27.5 Å². The number of carbonyl (C=O) groups excluding carboxylic acids is 1. The average molecular weight is 480 g/mol. The highest BCUT2D eigenvalue weighted by atomic mass is 16.7. The Kier molecular flexibility index (Phi) is 5.96. The maximum absolute atomic E-state index is 13.0. The third-order valence-electron chi connectivity index (χ3n) is 6.39. The Balaban J connectivity index is 1.74. The number of methoxy groups -OCH3 is 1. The highest BCUT2D eigenvalue weighted by molar-refractivity contribution is 6.24. The zero-order valence-electron chi connectivity index (χ0n) is 18.7. The fraction of sp³-hybridized carbons (Fsp3) is 0.269. The Morgan fingerprint density at radius 1 is 0.943 bits per heavy atom. The summed E-state index contributed by atoms with van der Waals surface area (Å²) in [6.07, 6.45) is -6.08. The molecule has 1 aliphatic heterocycles. The van der Waals surface area contributed by atoms with E-state index in [1.165, 1.54) is 19.3 Å². The number of allylic oxidation sites excluding steroid dienone is 1. The molecule has 3 aromatic carbocycles. The van der Waals surface area contributed by atoms with Crippen molar-refractivity contribution < 1.29 is 44.5 Å². The number of ether oxygens (including phenoxy) is 3. The number of aliphatic hydroxyl groups excluding tert-OH is 4. The summed E-state index contributed by atoms with van der Waals surface area (Å²) >= 11 is 0. The molecule has 0 radical (unpaired) electrons. The maximum Gasteiger partial charge on any atom is 0.229 e. The van der Waals surface area contributed by atoms with Gasteiger partial charge >= 0.3 is 0 Å². The Hall–Kier alpha value is -3.47. The molecule has 182 valence electrons. The maximum atomic E-state index is 13.0. The van der Waals surface area contributed by atoms with E-state index >= 15 is 0 Å². The van der Waals surface area contributed by atoms with Crippen LogP contribution in [0.4, 0.5) is 0 Å². The first kappa shape index (κ1) is 23.3. The SMILES string of the molecule is COC1=Cc2cc(O)c(O[C@@H]3O[C@H](CO)[C@@H](O)[C@H](O)[C@H]3O)c3c(-c4ccccc4)ccc(c23)C1=O. The summed E-state index contributed by atoms with van der Waals surface area (Å²) in [5.74, 6) is -0.613.